The van der Waals surface area contributed by atoms with Crippen molar-refractivity contribution in [3.05, 3.63) is 0 Å². The van der Waals surface area contributed by atoms with Crippen molar-refractivity contribution in [2.75, 3.05) is 0 Å². The summed E-state index contributed by atoms with van der Waals surface area (Å²) < 4.78 is 0. The Morgan fingerprint density at radius 1 is 0.321 bits per heavy atom. The fourth-order valence-corrected chi connectivity index (χ4v) is 3.73. The first-order valence-electron chi connectivity index (χ1n) is 12.1. The number of carboxylic acid groups (broad SMARTS) is 2. The molecular formula is C24H46O4. The van der Waals surface area contributed by atoms with Crippen LogP contribution in [0.25, 0.3) is 0 Å². The Hall–Kier alpha value is -1.06. The molecule has 0 fully saturated rings. The zero-order valence-corrected chi connectivity index (χ0v) is 18.3. The Kier molecular flexibility index (Phi) is 21.4. The molecule has 0 aromatic rings. The van der Waals surface area contributed by atoms with Gasteiger partial charge in [-0.15, -0.1) is 0 Å². The summed E-state index contributed by atoms with van der Waals surface area (Å²) in [6.45, 7) is 0. The number of hydrogen-bond donors (Lipinski definition) is 2. The lowest BCUT2D eigenvalue weighted by Gasteiger charge is -2.04. The Bertz CT molecular complexity index is 321. The Morgan fingerprint density at radius 2 is 0.464 bits per heavy atom. The number of hydrogen-bond acceptors (Lipinski definition) is 2. The van der Waals surface area contributed by atoms with Gasteiger partial charge in [-0.2, -0.15) is 0 Å². The van der Waals surface area contributed by atoms with Crippen molar-refractivity contribution in [3.8, 4) is 0 Å². The molecule has 166 valence electrons. The summed E-state index contributed by atoms with van der Waals surface area (Å²) in [5, 5.41) is 17.1. The van der Waals surface area contributed by atoms with Gasteiger partial charge >= 0.3 is 11.9 Å². The van der Waals surface area contributed by atoms with Crippen molar-refractivity contribution >= 4 is 11.9 Å². The SMILES string of the molecule is O=C(O)CCCCCCCCCCCCCCCCCCCCCCC(=O)O. The Morgan fingerprint density at radius 3 is 0.607 bits per heavy atom. The van der Waals surface area contributed by atoms with E-state index in [0.29, 0.717) is 12.8 Å². The highest BCUT2D eigenvalue weighted by Gasteiger charge is 1.98. The van der Waals surface area contributed by atoms with E-state index in [1.54, 1.807) is 0 Å². The van der Waals surface area contributed by atoms with Gasteiger partial charge in [0.25, 0.3) is 0 Å². The molecule has 0 aliphatic heterocycles. The van der Waals surface area contributed by atoms with Crippen LogP contribution in [0.3, 0.4) is 0 Å². The summed E-state index contributed by atoms with van der Waals surface area (Å²) in [5.41, 5.74) is 0. The van der Waals surface area contributed by atoms with Crippen LogP contribution in [0.5, 0.6) is 0 Å². The molecule has 0 aromatic heterocycles. The summed E-state index contributed by atoms with van der Waals surface area (Å²) in [4.78, 5) is 20.8. The standard InChI is InChI=1S/C24H46O4/c25-23(26)21-19-17-15-13-11-9-7-5-3-1-2-4-6-8-10-12-14-16-18-20-22-24(27)28/h1-22H2,(H,25,26)(H,27,28). The van der Waals surface area contributed by atoms with Crippen LogP contribution in [0.4, 0.5) is 0 Å². The van der Waals surface area contributed by atoms with Crippen LogP contribution in [0.2, 0.25) is 0 Å². The van der Waals surface area contributed by atoms with Gasteiger partial charge in [0.15, 0.2) is 0 Å². The molecule has 0 saturated heterocycles. The van der Waals surface area contributed by atoms with Gasteiger partial charge < -0.3 is 10.2 Å². The van der Waals surface area contributed by atoms with Crippen LogP contribution >= 0.6 is 0 Å². The molecule has 0 saturated carbocycles. The minimum atomic E-state index is -0.665. The topological polar surface area (TPSA) is 74.6 Å². The number of unbranched alkanes of at least 4 members (excludes halogenated alkanes) is 19. The Labute approximate surface area is 173 Å². The first kappa shape index (κ1) is 26.9. The van der Waals surface area contributed by atoms with Crippen LogP contribution in [0, 0.1) is 0 Å². The second kappa shape index (κ2) is 22.2. The summed E-state index contributed by atoms with van der Waals surface area (Å²) in [5.74, 6) is -1.33. The largest absolute Gasteiger partial charge is 0.481 e. The molecule has 0 radical (unpaired) electrons. The molecule has 0 unspecified atom stereocenters. The highest BCUT2D eigenvalue weighted by molar-refractivity contribution is 5.66. The van der Waals surface area contributed by atoms with Crippen molar-refractivity contribution in [2.24, 2.45) is 0 Å². The van der Waals surface area contributed by atoms with E-state index in [2.05, 4.69) is 0 Å². The average molecular weight is 399 g/mol. The lowest BCUT2D eigenvalue weighted by Crippen LogP contribution is -1.93. The van der Waals surface area contributed by atoms with Gasteiger partial charge in [0.2, 0.25) is 0 Å². The highest BCUT2D eigenvalue weighted by Crippen LogP contribution is 2.15. The Balaban J connectivity index is 3.01. The van der Waals surface area contributed by atoms with Crippen molar-refractivity contribution in [3.63, 3.8) is 0 Å². The van der Waals surface area contributed by atoms with E-state index < -0.39 is 11.9 Å². The summed E-state index contributed by atoms with van der Waals surface area (Å²) in [7, 11) is 0. The van der Waals surface area contributed by atoms with E-state index >= 15 is 0 Å². The molecule has 0 bridgehead atoms. The van der Waals surface area contributed by atoms with E-state index in [9.17, 15) is 9.59 Å². The van der Waals surface area contributed by atoms with Crippen molar-refractivity contribution in [1.82, 2.24) is 0 Å². The molecule has 4 nitrogen and oxygen atoms in total. The minimum Gasteiger partial charge on any atom is -0.481 e. The molecule has 0 amide bonds. The summed E-state index contributed by atoms with van der Waals surface area (Å²) in [6, 6.07) is 0. The second-order valence-corrected chi connectivity index (χ2v) is 8.36. The van der Waals surface area contributed by atoms with E-state index in [1.165, 1.54) is 103 Å². The van der Waals surface area contributed by atoms with Gasteiger partial charge in [0.1, 0.15) is 0 Å². The normalized spacial score (nSPS) is 11.0. The lowest BCUT2D eigenvalue weighted by molar-refractivity contribution is -0.138. The summed E-state index contributed by atoms with van der Waals surface area (Å²) in [6.07, 6.45) is 25.7. The molecule has 0 aromatic carbocycles. The minimum absolute atomic E-state index is 0.330. The maximum Gasteiger partial charge on any atom is 0.303 e. The molecule has 2 N–H and O–H groups in total. The van der Waals surface area contributed by atoms with Crippen LogP contribution < -0.4 is 0 Å². The quantitative estimate of drug-likeness (QED) is 0.173. The lowest BCUT2D eigenvalue weighted by atomic mass is 10.0. The van der Waals surface area contributed by atoms with E-state index in [0.717, 1.165) is 25.7 Å². The second-order valence-electron chi connectivity index (χ2n) is 8.36. The zero-order valence-electron chi connectivity index (χ0n) is 18.3. The predicted octanol–water partition coefficient (Wildman–Crippen LogP) is 7.74. The fraction of sp³-hybridized carbons (Fsp3) is 0.917. The fourth-order valence-electron chi connectivity index (χ4n) is 3.73. The van der Waals surface area contributed by atoms with Gasteiger partial charge in [-0.05, 0) is 12.8 Å². The van der Waals surface area contributed by atoms with Gasteiger partial charge in [-0.3, -0.25) is 9.59 Å². The molecule has 0 aliphatic rings. The molecule has 4 heteroatoms. The molecule has 0 heterocycles. The van der Waals surface area contributed by atoms with Crippen molar-refractivity contribution in [2.45, 2.75) is 141 Å². The molecule has 0 aliphatic carbocycles. The van der Waals surface area contributed by atoms with Crippen molar-refractivity contribution < 1.29 is 19.8 Å². The molecule has 0 rings (SSSR count). The third-order valence-corrected chi connectivity index (χ3v) is 5.53. The smallest absolute Gasteiger partial charge is 0.303 e. The van der Waals surface area contributed by atoms with Gasteiger partial charge in [0.05, 0.1) is 0 Å². The number of carbonyl (C=O) groups is 2. The van der Waals surface area contributed by atoms with E-state index in [-0.39, 0.29) is 0 Å². The number of carboxylic acids is 2. The van der Waals surface area contributed by atoms with E-state index in [1.807, 2.05) is 0 Å². The molecule has 0 spiro atoms. The highest BCUT2D eigenvalue weighted by atomic mass is 16.4. The third-order valence-electron chi connectivity index (χ3n) is 5.53. The van der Waals surface area contributed by atoms with Crippen LogP contribution in [-0.4, -0.2) is 22.2 Å². The van der Waals surface area contributed by atoms with Gasteiger partial charge in [-0.1, -0.05) is 116 Å². The number of rotatable bonds is 23. The van der Waals surface area contributed by atoms with Crippen molar-refractivity contribution in [1.29, 1.82) is 0 Å². The van der Waals surface area contributed by atoms with Gasteiger partial charge in [-0.25, -0.2) is 0 Å². The van der Waals surface area contributed by atoms with Crippen LogP contribution in [0.15, 0.2) is 0 Å². The molecule has 28 heavy (non-hydrogen) atoms. The van der Waals surface area contributed by atoms with Crippen LogP contribution in [-0.2, 0) is 9.59 Å². The van der Waals surface area contributed by atoms with E-state index in [4.69, 9.17) is 10.2 Å². The first-order valence-corrected chi connectivity index (χ1v) is 12.1. The number of aliphatic carboxylic acids is 2. The molecular weight excluding hydrogens is 352 g/mol. The maximum absolute atomic E-state index is 10.4. The monoisotopic (exact) mass is 398 g/mol. The molecule has 0 atom stereocenters. The zero-order chi connectivity index (χ0) is 20.7. The third kappa shape index (κ3) is 24.9. The van der Waals surface area contributed by atoms with Crippen LogP contribution in [0.1, 0.15) is 141 Å². The first-order chi connectivity index (χ1) is 13.6. The summed E-state index contributed by atoms with van der Waals surface area (Å²) >= 11 is 0. The van der Waals surface area contributed by atoms with Gasteiger partial charge in [0, 0.05) is 12.8 Å². The average Bonchev–Trinajstić information content (AvgIpc) is 2.65. The maximum atomic E-state index is 10.4. The predicted molar refractivity (Wildman–Crippen MR) is 117 cm³/mol.